The molecule has 1 heteroatoms. The summed E-state index contributed by atoms with van der Waals surface area (Å²) in [6.45, 7) is 16.6. The first kappa shape index (κ1) is 16.5. The van der Waals surface area contributed by atoms with Crippen molar-refractivity contribution in [2.75, 3.05) is 0 Å². The first-order chi connectivity index (χ1) is 9.65. The second-order valence-electron chi connectivity index (χ2n) is 8.45. The molecule has 0 radical (unpaired) electrons. The average molecular weight is 301 g/mol. The van der Waals surface area contributed by atoms with E-state index in [1.807, 2.05) is 5.20 Å². The van der Waals surface area contributed by atoms with Crippen LogP contribution in [0.2, 0.25) is 5.04 Å². The van der Waals surface area contributed by atoms with Crippen LogP contribution in [0.4, 0.5) is 0 Å². The molecule has 0 spiro atoms. The predicted molar refractivity (Wildman–Crippen MR) is 98.4 cm³/mol. The van der Waals surface area contributed by atoms with Gasteiger partial charge < -0.3 is 0 Å². The fraction of sp³-hybridized carbons (Fsp3) is 0.600. The van der Waals surface area contributed by atoms with E-state index < -0.39 is 0 Å². The van der Waals surface area contributed by atoms with Gasteiger partial charge in [0, 0.05) is 0 Å². The molecular weight excluding hydrogens is 268 g/mol. The van der Waals surface area contributed by atoms with Crippen LogP contribution in [0.1, 0.15) is 61.3 Å². The van der Waals surface area contributed by atoms with Gasteiger partial charge in [-0.05, 0) is 55.6 Å². The molecule has 0 saturated heterocycles. The van der Waals surface area contributed by atoms with E-state index in [1.165, 1.54) is 12.8 Å². The highest BCUT2D eigenvalue weighted by Crippen LogP contribution is 2.49. The summed E-state index contributed by atoms with van der Waals surface area (Å²) >= 11 is 0. The molecular formula is C20H32Si. The second-order valence-corrected chi connectivity index (χ2v) is 11.0. The largest absolute Gasteiger partial charge is 0.0840 e. The lowest BCUT2D eigenvalue weighted by molar-refractivity contribution is 0.333. The van der Waals surface area contributed by atoms with E-state index in [-0.39, 0.29) is 9.52 Å². The molecule has 0 aliphatic heterocycles. The molecule has 0 heterocycles. The van der Waals surface area contributed by atoms with Crippen LogP contribution in [0.5, 0.6) is 0 Å². The SMILES string of the molecule is CC1=C(C)C(C)C([SiH2]C2(CC(C)(C)C)C=CC=CC2)=C1C. The van der Waals surface area contributed by atoms with Gasteiger partial charge in [-0.15, -0.1) is 0 Å². The number of rotatable bonds is 3. The summed E-state index contributed by atoms with van der Waals surface area (Å²) in [6, 6.07) is 0. The maximum atomic E-state index is 2.54. The van der Waals surface area contributed by atoms with Crippen molar-refractivity contribution >= 4 is 9.52 Å². The van der Waals surface area contributed by atoms with Crippen LogP contribution in [0.3, 0.4) is 0 Å². The van der Waals surface area contributed by atoms with Gasteiger partial charge in [-0.25, -0.2) is 0 Å². The topological polar surface area (TPSA) is 0 Å². The van der Waals surface area contributed by atoms with Crippen molar-refractivity contribution in [2.24, 2.45) is 11.3 Å². The van der Waals surface area contributed by atoms with Crippen LogP contribution in [-0.2, 0) is 0 Å². The van der Waals surface area contributed by atoms with Gasteiger partial charge >= 0.3 is 0 Å². The summed E-state index contributed by atoms with van der Waals surface area (Å²) in [5.41, 5.74) is 5.18. The second kappa shape index (κ2) is 5.76. The van der Waals surface area contributed by atoms with Crippen LogP contribution in [0.25, 0.3) is 0 Å². The highest BCUT2D eigenvalue weighted by molar-refractivity contribution is 6.51. The van der Waals surface area contributed by atoms with E-state index in [0.29, 0.717) is 16.4 Å². The zero-order valence-electron chi connectivity index (χ0n) is 15.0. The molecule has 2 unspecified atom stereocenters. The minimum Gasteiger partial charge on any atom is -0.0840 e. The third kappa shape index (κ3) is 3.51. The Morgan fingerprint density at radius 3 is 2.24 bits per heavy atom. The summed E-state index contributed by atoms with van der Waals surface area (Å²) in [5.74, 6) is 0.688. The van der Waals surface area contributed by atoms with Gasteiger partial charge in [0.1, 0.15) is 0 Å². The fourth-order valence-electron chi connectivity index (χ4n) is 4.20. The van der Waals surface area contributed by atoms with Gasteiger partial charge in [0.05, 0.1) is 9.52 Å². The predicted octanol–water partition coefficient (Wildman–Crippen LogP) is 5.53. The van der Waals surface area contributed by atoms with Crippen molar-refractivity contribution in [3.8, 4) is 0 Å². The molecule has 116 valence electrons. The minimum atomic E-state index is -0.303. The van der Waals surface area contributed by atoms with Crippen molar-refractivity contribution in [1.82, 2.24) is 0 Å². The highest BCUT2D eigenvalue weighted by atomic mass is 28.2. The molecule has 0 bridgehead atoms. The van der Waals surface area contributed by atoms with E-state index in [9.17, 15) is 0 Å². The molecule has 0 aromatic rings. The third-order valence-electron chi connectivity index (χ3n) is 5.45. The van der Waals surface area contributed by atoms with Gasteiger partial charge in [0.15, 0.2) is 0 Å². The lowest BCUT2D eigenvalue weighted by atomic mass is 9.81. The van der Waals surface area contributed by atoms with Crippen molar-refractivity contribution in [3.63, 3.8) is 0 Å². The quantitative estimate of drug-likeness (QED) is 0.601. The molecule has 0 nitrogen and oxygen atoms in total. The van der Waals surface area contributed by atoms with Crippen LogP contribution in [-0.4, -0.2) is 9.52 Å². The average Bonchev–Trinajstić information content (AvgIpc) is 2.56. The Labute approximate surface area is 133 Å². The Hall–Kier alpha value is -0.823. The van der Waals surface area contributed by atoms with E-state index in [1.54, 1.807) is 16.7 Å². The molecule has 2 rings (SSSR count). The molecule has 0 fully saturated rings. The summed E-state index contributed by atoms with van der Waals surface area (Å²) < 4.78 is 0. The van der Waals surface area contributed by atoms with Gasteiger partial charge in [0.2, 0.25) is 0 Å². The summed E-state index contributed by atoms with van der Waals surface area (Å²) in [6.07, 6.45) is 12.0. The van der Waals surface area contributed by atoms with Crippen LogP contribution >= 0.6 is 0 Å². The zero-order valence-corrected chi connectivity index (χ0v) is 16.4. The fourth-order valence-corrected chi connectivity index (χ4v) is 7.54. The molecule has 21 heavy (non-hydrogen) atoms. The Morgan fingerprint density at radius 1 is 1.14 bits per heavy atom. The molecule has 0 saturated carbocycles. The summed E-state index contributed by atoms with van der Waals surface area (Å²) in [5, 5.41) is 2.26. The summed E-state index contributed by atoms with van der Waals surface area (Å²) in [7, 11) is -0.303. The van der Waals surface area contributed by atoms with Crippen molar-refractivity contribution in [2.45, 2.75) is 66.3 Å². The van der Waals surface area contributed by atoms with Crippen LogP contribution < -0.4 is 0 Å². The monoisotopic (exact) mass is 300 g/mol. The molecule has 0 aromatic heterocycles. The van der Waals surface area contributed by atoms with E-state index in [2.05, 4.69) is 72.8 Å². The van der Waals surface area contributed by atoms with Gasteiger partial charge in [-0.3, -0.25) is 0 Å². The van der Waals surface area contributed by atoms with Gasteiger partial charge in [-0.1, -0.05) is 68.3 Å². The van der Waals surface area contributed by atoms with Crippen LogP contribution in [0, 0.1) is 11.3 Å². The first-order valence-electron chi connectivity index (χ1n) is 8.37. The Kier molecular flexibility index (Phi) is 4.54. The van der Waals surface area contributed by atoms with Crippen molar-refractivity contribution in [3.05, 3.63) is 46.2 Å². The van der Waals surface area contributed by atoms with E-state index in [4.69, 9.17) is 0 Å². The zero-order chi connectivity index (χ0) is 15.8. The summed E-state index contributed by atoms with van der Waals surface area (Å²) in [4.78, 5) is 0. The van der Waals surface area contributed by atoms with Gasteiger partial charge in [0.25, 0.3) is 0 Å². The Balaban J connectivity index is 2.30. The smallest absolute Gasteiger partial charge is 0.0619 e. The molecule has 2 atom stereocenters. The molecule has 2 aliphatic carbocycles. The van der Waals surface area contributed by atoms with Crippen LogP contribution in [0.15, 0.2) is 46.2 Å². The van der Waals surface area contributed by atoms with E-state index in [0.717, 1.165) is 0 Å². The van der Waals surface area contributed by atoms with Crippen molar-refractivity contribution < 1.29 is 0 Å². The standard InChI is InChI=1S/C20H32Si/c1-14-15(2)17(4)18(16(14)3)21-20(13-19(5,6)7)11-9-8-10-12-20/h8-11,16H,12-13,21H2,1-7H3. The lowest BCUT2D eigenvalue weighted by Crippen LogP contribution is -2.28. The lowest BCUT2D eigenvalue weighted by Gasteiger charge is -2.38. The number of allylic oxidation sites excluding steroid dienone is 8. The maximum Gasteiger partial charge on any atom is 0.0619 e. The first-order valence-corrected chi connectivity index (χ1v) is 9.78. The number of hydrogen-bond donors (Lipinski definition) is 0. The number of hydrogen-bond acceptors (Lipinski definition) is 0. The normalized spacial score (nSPS) is 30.3. The molecule has 0 N–H and O–H groups in total. The maximum absolute atomic E-state index is 2.54. The van der Waals surface area contributed by atoms with E-state index >= 15 is 0 Å². The Bertz CT molecular complexity index is 537. The minimum absolute atomic E-state index is 0.303. The van der Waals surface area contributed by atoms with Crippen molar-refractivity contribution in [1.29, 1.82) is 0 Å². The Morgan fingerprint density at radius 2 is 1.81 bits per heavy atom. The molecule has 0 aromatic carbocycles. The molecule has 2 aliphatic rings. The van der Waals surface area contributed by atoms with Gasteiger partial charge in [-0.2, -0.15) is 0 Å². The molecule has 0 amide bonds. The highest BCUT2D eigenvalue weighted by Gasteiger charge is 2.36. The third-order valence-corrected chi connectivity index (χ3v) is 8.46.